The highest BCUT2D eigenvalue weighted by Gasteiger charge is 2.03. The topological polar surface area (TPSA) is 48.1 Å². The van der Waals surface area contributed by atoms with E-state index in [0.717, 1.165) is 23.4 Å². The highest BCUT2D eigenvalue weighted by Crippen LogP contribution is 2.20. The first-order valence-corrected chi connectivity index (χ1v) is 5.13. The number of nitrogens with two attached hydrogens (primary N) is 1. The lowest BCUT2D eigenvalue weighted by atomic mass is 10.1. The van der Waals surface area contributed by atoms with E-state index in [0.29, 0.717) is 5.82 Å². The van der Waals surface area contributed by atoms with Gasteiger partial charge in [-0.05, 0) is 18.2 Å². The number of hydrogen-bond donors (Lipinski definition) is 1. The van der Waals surface area contributed by atoms with Crippen molar-refractivity contribution in [3.05, 3.63) is 53.7 Å². The summed E-state index contributed by atoms with van der Waals surface area (Å²) in [5.74, 6) is 1.43. The second-order valence-corrected chi connectivity index (χ2v) is 3.54. The number of para-hydroxylation sites is 1. The minimum atomic E-state index is 0.549. The highest BCUT2D eigenvalue weighted by atomic mass is 16.5. The fraction of sp³-hybridized carbons (Fsp3) is 0.154. The van der Waals surface area contributed by atoms with Crippen molar-refractivity contribution in [1.29, 1.82) is 0 Å². The Morgan fingerprint density at radius 1 is 1.12 bits per heavy atom. The van der Waals surface area contributed by atoms with Gasteiger partial charge in [-0.15, -0.1) is 0 Å². The lowest BCUT2D eigenvalue weighted by Crippen LogP contribution is -1.98. The van der Waals surface area contributed by atoms with Crippen molar-refractivity contribution < 1.29 is 4.74 Å². The Labute approximate surface area is 94.9 Å². The average molecular weight is 214 g/mol. The first-order valence-electron chi connectivity index (χ1n) is 5.13. The van der Waals surface area contributed by atoms with Crippen LogP contribution in [0.25, 0.3) is 0 Å². The zero-order valence-electron chi connectivity index (χ0n) is 9.18. The van der Waals surface area contributed by atoms with E-state index in [9.17, 15) is 0 Å². The molecule has 16 heavy (non-hydrogen) atoms. The molecule has 0 aliphatic rings. The second kappa shape index (κ2) is 4.66. The van der Waals surface area contributed by atoms with Crippen molar-refractivity contribution in [3.8, 4) is 5.75 Å². The van der Waals surface area contributed by atoms with Crippen LogP contribution in [0.3, 0.4) is 0 Å². The van der Waals surface area contributed by atoms with Crippen molar-refractivity contribution in [2.24, 2.45) is 0 Å². The SMILES string of the molecule is COc1ccccc1Cc1cccc(N)n1. The molecule has 0 fully saturated rings. The van der Waals surface area contributed by atoms with E-state index in [1.165, 1.54) is 0 Å². The zero-order valence-corrected chi connectivity index (χ0v) is 9.18. The molecular weight excluding hydrogens is 200 g/mol. The van der Waals surface area contributed by atoms with Crippen LogP contribution in [0.4, 0.5) is 5.82 Å². The third-order valence-corrected chi connectivity index (χ3v) is 2.39. The summed E-state index contributed by atoms with van der Waals surface area (Å²) < 4.78 is 5.29. The van der Waals surface area contributed by atoms with E-state index in [-0.39, 0.29) is 0 Å². The predicted octanol–water partition coefficient (Wildman–Crippen LogP) is 2.26. The van der Waals surface area contributed by atoms with E-state index in [2.05, 4.69) is 4.98 Å². The van der Waals surface area contributed by atoms with Gasteiger partial charge in [0.25, 0.3) is 0 Å². The molecule has 82 valence electrons. The fourth-order valence-electron chi connectivity index (χ4n) is 1.64. The van der Waals surface area contributed by atoms with Gasteiger partial charge in [0, 0.05) is 17.7 Å². The van der Waals surface area contributed by atoms with Gasteiger partial charge >= 0.3 is 0 Å². The van der Waals surface area contributed by atoms with Gasteiger partial charge in [-0.1, -0.05) is 24.3 Å². The maximum atomic E-state index is 5.64. The maximum absolute atomic E-state index is 5.64. The molecule has 1 aromatic heterocycles. The molecule has 0 radical (unpaired) electrons. The maximum Gasteiger partial charge on any atom is 0.123 e. The monoisotopic (exact) mass is 214 g/mol. The smallest absolute Gasteiger partial charge is 0.123 e. The van der Waals surface area contributed by atoms with Crippen molar-refractivity contribution in [2.45, 2.75) is 6.42 Å². The molecule has 2 N–H and O–H groups in total. The van der Waals surface area contributed by atoms with Crippen LogP contribution >= 0.6 is 0 Å². The van der Waals surface area contributed by atoms with E-state index in [4.69, 9.17) is 10.5 Å². The molecule has 0 unspecified atom stereocenters. The number of hydrogen-bond acceptors (Lipinski definition) is 3. The van der Waals surface area contributed by atoms with Gasteiger partial charge in [0.05, 0.1) is 7.11 Å². The fourth-order valence-corrected chi connectivity index (χ4v) is 1.64. The van der Waals surface area contributed by atoms with Crippen LogP contribution < -0.4 is 10.5 Å². The van der Waals surface area contributed by atoms with E-state index < -0.39 is 0 Å². The average Bonchev–Trinajstić information content (AvgIpc) is 2.30. The lowest BCUT2D eigenvalue weighted by molar-refractivity contribution is 0.410. The molecule has 3 heteroatoms. The summed E-state index contributed by atoms with van der Waals surface area (Å²) in [4.78, 5) is 4.27. The summed E-state index contributed by atoms with van der Waals surface area (Å²) in [6, 6.07) is 13.6. The van der Waals surface area contributed by atoms with E-state index >= 15 is 0 Å². The van der Waals surface area contributed by atoms with Crippen LogP contribution in [0.2, 0.25) is 0 Å². The van der Waals surface area contributed by atoms with Gasteiger partial charge in [0.2, 0.25) is 0 Å². The van der Waals surface area contributed by atoms with Crippen LogP contribution in [-0.2, 0) is 6.42 Å². The molecule has 0 saturated heterocycles. The molecular formula is C13H14N2O. The van der Waals surface area contributed by atoms with Gasteiger partial charge in [-0.3, -0.25) is 0 Å². The second-order valence-electron chi connectivity index (χ2n) is 3.54. The summed E-state index contributed by atoms with van der Waals surface area (Å²) in [6.07, 6.45) is 0.731. The van der Waals surface area contributed by atoms with Crippen LogP contribution in [0.5, 0.6) is 5.75 Å². The van der Waals surface area contributed by atoms with Gasteiger partial charge in [-0.2, -0.15) is 0 Å². The number of anilines is 1. The van der Waals surface area contributed by atoms with E-state index in [1.54, 1.807) is 13.2 Å². The van der Waals surface area contributed by atoms with Gasteiger partial charge < -0.3 is 10.5 Å². The molecule has 3 nitrogen and oxygen atoms in total. The summed E-state index contributed by atoms with van der Waals surface area (Å²) >= 11 is 0. The summed E-state index contributed by atoms with van der Waals surface area (Å²) in [5, 5.41) is 0. The number of ether oxygens (including phenoxy) is 1. The van der Waals surface area contributed by atoms with Crippen LogP contribution in [0, 0.1) is 0 Å². The Bertz CT molecular complexity index is 483. The number of nitrogen functional groups attached to an aromatic ring is 1. The lowest BCUT2D eigenvalue weighted by Gasteiger charge is -2.07. The number of pyridine rings is 1. The Hall–Kier alpha value is -2.03. The van der Waals surface area contributed by atoms with Crippen LogP contribution in [0.15, 0.2) is 42.5 Å². The van der Waals surface area contributed by atoms with Gasteiger partial charge in [0.15, 0.2) is 0 Å². The highest BCUT2D eigenvalue weighted by molar-refractivity contribution is 5.37. The molecule has 0 saturated carbocycles. The standard InChI is InChI=1S/C13H14N2O/c1-16-12-7-3-2-5-10(12)9-11-6-4-8-13(14)15-11/h2-8H,9H2,1H3,(H2,14,15). The molecule has 0 amide bonds. The first kappa shape index (κ1) is 10.5. The molecule has 0 spiro atoms. The third-order valence-electron chi connectivity index (χ3n) is 2.39. The van der Waals surface area contributed by atoms with Crippen molar-refractivity contribution in [1.82, 2.24) is 4.98 Å². The molecule has 0 bridgehead atoms. The molecule has 1 heterocycles. The third kappa shape index (κ3) is 2.31. The molecule has 1 aromatic carbocycles. The minimum Gasteiger partial charge on any atom is -0.496 e. The number of methoxy groups -OCH3 is 1. The summed E-state index contributed by atoms with van der Waals surface area (Å²) in [5.41, 5.74) is 7.70. The molecule has 2 rings (SSSR count). The summed E-state index contributed by atoms with van der Waals surface area (Å²) in [7, 11) is 1.67. The number of rotatable bonds is 3. The van der Waals surface area contributed by atoms with E-state index in [1.807, 2.05) is 36.4 Å². The minimum absolute atomic E-state index is 0.549. The summed E-state index contributed by atoms with van der Waals surface area (Å²) in [6.45, 7) is 0. The number of aromatic nitrogens is 1. The van der Waals surface area contributed by atoms with Crippen molar-refractivity contribution >= 4 is 5.82 Å². The normalized spacial score (nSPS) is 10.1. The van der Waals surface area contributed by atoms with Crippen molar-refractivity contribution in [2.75, 3.05) is 12.8 Å². The Kier molecular flexibility index (Phi) is 3.05. The van der Waals surface area contributed by atoms with Crippen LogP contribution in [0.1, 0.15) is 11.3 Å². The molecule has 2 aromatic rings. The molecule has 0 aliphatic heterocycles. The van der Waals surface area contributed by atoms with Gasteiger partial charge in [0.1, 0.15) is 11.6 Å². The largest absolute Gasteiger partial charge is 0.496 e. The Morgan fingerprint density at radius 3 is 2.69 bits per heavy atom. The van der Waals surface area contributed by atoms with Gasteiger partial charge in [-0.25, -0.2) is 4.98 Å². The van der Waals surface area contributed by atoms with Crippen LogP contribution in [-0.4, -0.2) is 12.1 Å². The Balaban J connectivity index is 2.26. The number of benzene rings is 1. The molecule has 0 atom stereocenters. The molecule has 0 aliphatic carbocycles. The predicted molar refractivity (Wildman–Crippen MR) is 64.4 cm³/mol. The quantitative estimate of drug-likeness (QED) is 0.852. The Morgan fingerprint density at radius 2 is 1.94 bits per heavy atom. The number of nitrogens with zero attached hydrogens (tertiary/aromatic N) is 1. The zero-order chi connectivity index (χ0) is 11.4. The first-order chi connectivity index (χ1) is 7.79. The van der Waals surface area contributed by atoms with Crippen molar-refractivity contribution in [3.63, 3.8) is 0 Å².